The number of aromatic nitrogens is 6. The zero-order valence-electron chi connectivity index (χ0n) is 15.2. The zero-order valence-corrected chi connectivity index (χ0v) is 15.2. The molecule has 0 saturated carbocycles. The van der Waals surface area contributed by atoms with Crippen LogP contribution in [0.25, 0.3) is 22.8 Å². The third-order valence-corrected chi connectivity index (χ3v) is 4.46. The molecular formula is C19H17FN6O2. The van der Waals surface area contributed by atoms with Gasteiger partial charge in [-0.2, -0.15) is 4.98 Å². The molecule has 3 aromatic heterocycles. The highest BCUT2D eigenvalue weighted by atomic mass is 19.1. The Kier molecular flexibility index (Phi) is 4.56. The third-order valence-electron chi connectivity index (χ3n) is 4.46. The van der Waals surface area contributed by atoms with Gasteiger partial charge in [0.05, 0.1) is 5.56 Å². The smallest absolute Gasteiger partial charge is 0.261 e. The van der Waals surface area contributed by atoms with E-state index in [1.165, 1.54) is 12.1 Å². The number of pyridine rings is 1. The van der Waals surface area contributed by atoms with Gasteiger partial charge in [0.1, 0.15) is 17.4 Å². The van der Waals surface area contributed by atoms with E-state index in [9.17, 15) is 9.50 Å². The zero-order chi connectivity index (χ0) is 19.7. The Labute approximate surface area is 159 Å². The predicted octanol–water partition coefficient (Wildman–Crippen LogP) is 3.12. The van der Waals surface area contributed by atoms with Crippen LogP contribution in [0, 0.1) is 5.82 Å². The molecule has 4 rings (SSSR count). The number of nitrogens with zero attached hydrogens (tertiary/aromatic N) is 6. The summed E-state index contributed by atoms with van der Waals surface area (Å²) in [6.45, 7) is 1.92. The van der Waals surface area contributed by atoms with Crippen LogP contribution in [0.2, 0.25) is 0 Å². The second-order valence-corrected chi connectivity index (χ2v) is 6.46. The molecule has 0 aliphatic heterocycles. The molecule has 3 heterocycles. The first-order valence-corrected chi connectivity index (χ1v) is 8.64. The van der Waals surface area contributed by atoms with Gasteiger partial charge in [0, 0.05) is 37.3 Å². The van der Waals surface area contributed by atoms with Crippen molar-refractivity contribution in [2.45, 2.75) is 19.3 Å². The van der Waals surface area contributed by atoms with Crippen molar-refractivity contribution in [3.05, 3.63) is 60.2 Å². The Morgan fingerprint density at radius 1 is 1.18 bits per heavy atom. The molecule has 0 spiro atoms. The number of halogens is 1. The molecule has 0 aliphatic rings. The summed E-state index contributed by atoms with van der Waals surface area (Å²) in [5.41, 5.74) is 0.981. The fourth-order valence-electron chi connectivity index (χ4n) is 2.88. The molecule has 142 valence electrons. The highest BCUT2D eigenvalue weighted by Crippen LogP contribution is 2.27. The molecule has 0 saturated heterocycles. The molecule has 1 N–H and O–H groups in total. The van der Waals surface area contributed by atoms with Gasteiger partial charge in [0.2, 0.25) is 0 Å². The molecule has 0 fully saturated rings. The van der Waals surface area contributed by atoms with Crippen molar-refractivity contribution in [1.82, 2.24) is 29.9 Å². The van der Waals surface area contributed by atoms with Gasteiger partial charge in [-0.25, -0.2) is 4.39 Å². The number of phenolic OH excluding ortho intramolecular Hbond substituents is 1. The summed E-state index contributed by atoms with van der Waals surface area (Å²) in [5, 5.41) is 22.0. The maximum Gasteiger partial charge on any atom is 0.261 e. The van der Waals surface area contributed by atoms with Gasteiger partial charge in [-0.1, -0.05) is 12.1 Å². The topological polar surface area (TPSA) is 103 Å². The quantitative estimate of drug-likeness (QED) is 0.567. The van der Waals surface area contributed by atoms with Gasteiger partial charge in [-0.15, -0.1) is 10.2 Å². The van der Waals surface area contributed by atoms with Crippen LogP contribution in [0.5, 0.6) is 5.75 Å². The van der Waals surface area contributed by atoms with Gasteiger partial charge in [0.25, 0.3) is 5.89 Å². The number of hydrogen-bond acceptors (Lipinski definition) is 7. The maximum absolute atomic E-state index is 14.0. The largest absolute Gasteiger partial charge is 0.508 e. The van der Waals surface area contributed by atoms with Crippen LogP contribution in [0.3, 0.4) is 0 Å². The molecule has 28 heavy (non-hydrogen) atoms. The molecule has 8 nitrogen and oxygen atoms in total. The number of aromatic hydroxyl groups is 1. The van der Waals surface area contributed by atoms with E-state index in [0.717, 1.165) is 23.3 Å². The summed E-state index contributed by atoms with van der Waals surface area (Å²) in [5.74, 6) is 1.18. The fraction of sp³-hybridized carbons (Fsp3) is 0.211. The maximum atomic E-state index is 14.0. The van der Waals surface area contributed by atoms with Crippen LogP contribution in [0.15, 0.2) is 47.2 Å². The van der Waals surface area contributed by atoms with Crippen molar-refractivity contribution in [2.75, 3.05) is 0 Å². The Balaban J connectivity index is 1.55. The highest BCUT2D eigenvalue weighted by molar-refractivity contribution is 5.56. The van der Waals surface area contributed by atoms with Gasteiger partial charge < -0.3 is 14.2 Å². The van der Waals surface area contributed by atoms with E-state index in [1.54, 1.807) is 12.4 Å². The number of rotatable bonds is 5. The molecule has 1 aromatic carbocycles. The second kappa shape index (κ2) is 7.18. The first kappa shape index (κ1) is 17.8. The number of benzene rings is 1. The van der Waals surface area contributed by atoms with E-state index in [2.05, 4.69) is 25.3 Å². The van der Waals surface area contributed by atoms with Gasteiger partial charge >= 0.3 is 0 Å². The van der Waals surface area contributed by atoms with E-state index >= 15 is 0 Å². The van der Waals surface area contributed by atoms with Crippen LogP contribution >= 0.6 is 0 Å². The second-order valence-electron chi connectivity index (χ2n) is 6.46. The summed E-state index contributed by atoms with van der Waals surface area (Å²) in [4.78, 5) is 8.29. The Bertz CT molecular complexity index is 1110. The summed E-state index contributed by atoms with van der Waals surface area (Å²) >= 11 is 0. The molecular weight excluding hydrogens is 363 g/mol. The van der Waals surface area contributed by atoms with Crippen LogP contribution in [0.1, 0.15) is 24.5 Å². The van der Waals surface area contributed by atoms with Gasteiger partial charge in [-0.05, 0) is 30.3 Å². The predicted molar refractivity (Wildman–Crippen MR) is 97.7 cm³/mol. The lowest BCUT2D eigenvalue weighted by atomic mass is 10.1. The minimum Gasteiger partial charge on any atom is -0.508 e. The van der Waals surface area contributed by atoms with Gasteiger partial charge in [-0.3, -0.25) is 4.98 Å². The monoisotopic (exact) mass is 380 g/mol. The van der Waals surface area contributed by atoms with E-state index in [-0.39, 0.29) is 23.1 Å². The minimum absolute atomic E-state index is 0.0192. The van der Waals surface area contributed by atoms with Gasteiger partial charge in [0.15, 0.2) is 11.6 Å². The SMILES string of the molecule is CC(Cc1nnc(-c2ccncc2)n1C)c1noc(-c2cc(O)ccc2F)n1. The van der Waals surface area contributed by atoms with Crippen LogP contribution in [0.4, 0.5) is 4.39 Å². The van der Waals surface area contributed by atoms with Crippen LogP contribution in [-0.2, 0) is 13.5 Å². The van der Waals surface area contributed by atoms with Crippen molar-refractivity contribution in [3.63, 3.8) is 0 Å². The molecule has 4 aromatic rings. The lowest BCUT2D eigenvalue weighted by Gasteiger charge is -2.07. The molecule has 0 radical (unpaired) electrons. The molecule has 9 heteroatoms. The summed E-state index contributed by atoms with van der Waals surface area (Å²) in [6, 6.07) is 7.39. The number of hydrogen-bond donors (Lipinski definition) is 1. The fourth-order valence-corrected chi connectivity index (χ4v) is 2.88. The summed E-state index contributed by atoms with van der Waals surface area (Å²) in [7, 11) is 1.89. The lowest BCUT2D eigenvalue weighted by molar-refractivity contribution is 0.413. The van der Waals surface area contributed by atoms with E-state index in [1.807, 2.05) is 30.7 Å². The van der Waals surface area contributed by atoms with Crippen LogP contribution in [-0.4, -0.2) is 35.0 Å². The first-order valence-electron chi connectivity index (χ1n) is 8.64. The van der Waals surface area contributed by atoms with Crippen molar-refractivity contribution in [1.29, 1.82) is 0 Å². The molecule has 0 amide bonds. The van der Waals surface area contributed by atoms with Crippen molar-refractivity contribution in [3.8, 4) is 28.6 Å². The Morgan fingerprint density at radius 2 is 1.96 bits per heavy atom. The summed E-state index contributed by atoms with van der Waals surface area (Å²) < 4.78 is 21.1. The molecule has 0 bridgehead atoms. The van der Waals surface area contributed by atoms with E-state index < -0.39 is 5.82 Å². The molecule has 1 atom stereocenters. The lowest BCUT2D eigenvalue weighted by Crippen LogP contribution is -2.07. The highest BCUT2D eigenvalue weighted by Gasteiger charge is 2.20. The Morgan fingerprint density at radius 3 is 2.75 bits per heavy atom. The number of phenols is 1. The molecule has 1 unspecified atom stereocenters. The minimum atomic E-state index is -0.545. The Hall–Kier alpha value is -3.62. The van der Waals surface area contributed by atoms with Crippen molar-refractivity contribution < 1.29 is 14.0 Å². The van der Waals surface area contributed by atoms with Crippen LogP contribution < -0.4 is 0 Å². The average molecular weight is 380 g/mol. The summed E-state index contributed by atoms with van der Waals surface area (Å²) in [6.07, 6.45) is 3.93. The van der Waals surface area contributed by atoms with E-state index in [4.69, 9.17) is 4.52 Å². The van der Waals surface area contributed by atoms with Crippen molar-refractivity contribution in [2.24, 2.45) is 7.05 Å². The normalized spacial score (nSPS) is 12.2. The standard InChI is InChI=1S/C19H17FN6O2/c1-11(9-16-23-24-18(26(16)2)12-5-7-21-8-6-12)17-22-19(28-25-17)14-10-13(27)3-4-15(14)20/h3-8,10-11,27H,9H2,1-2H3. The average Bonchev–Trinajstić information content (AvgIpc) is 3.32. The first-order chi connectivity index (χ1) is 13.5. The molecule has 0 aliphatic carbocycles. The third kappa shape index (κ3) is 3.34. The van der Waals surface area contributed by atoms with Crippen molar-refractivity contribution >= 4 is 0 Å². The van der Waals surface area contributed by atoms with E-state index in [0.29, 0.717) is 12.2 Å².